The lowest BCUT2D eigenvalue weighted by Crippen LogP contribution is -2.35. The van der Waals surface area contributed by atoms with Crippen LogP contribution in [-0.4, -0.2) is 44.0 Å². The molecule has 0 heterocycles. The largest absolute Gasteiger partial charge is 0.469 e. The standard InChI is InChI=1S/C15H22N2O3/c1-11-7-5-6-8-13(11)16-14(18)10-17(3)9-12(2)15(19)20-4/h5-8,12H,9-10H2,1-4H3,(H,16,18). The zero-order valence-electron chi connectivity index (χ0n) is 12.5. The van der Waals surface area contributed by atoms with E-state index < -0.39 is 0 Å². The van der Waals surface area contributed by atoms with Crippen molar-refractivity contribution in [1.82, 2.24) is 4.90 Å². The van der Waals surface area contributed by atoms with Gasteiger partial charge in [0.25, 0.3) is 0 Å². The number of ether oxygens (including phenoxy) is 1. The van der Waals surface area contributed by atoms with Crippen LogP contribution in [0.4, 0.5) is 5.69 Å². The highest BCUT2D eigenvalue weighted by Gasteiger charge is 2.17. The molecule has 1 unspecified atom stereocenters. The molecule has 0 radical (unpaired) electrons. The van der Waals surface area contributed by atoms with Gasteiger partial charge in [-0.3, -0.25) is 14.5 Å². The summed E-state index contributed by atoms with van der Waals surface area (Å²) in [6, 6.07) is 7.61. The Kier molecular flexibility index (Phi) is 6.18. The number of aryl methyl sites for hydroxylation is 1. The number of anilines is 1. The first kappa shape index (κ1) is 16.2. The highest BCUT2D eigenvalue weighted by Crippen LogP contribution is 2.12. The van der Waals surface area contributed by atoms with Crippen LogP contribution in [-0.2, 0) is 14.3 Å². The molecule has 1 atom stereocenters. The van der Waals surface area contributed by atoms with E-state index in [1.54, 1.807) is 18.9 Å². The lowest BCUT2D eigenvalue weighted by atomic mass is 10.1. The van der Waals surface area contributed by atoms with Gasteiger partial charge in [0, 0.05) is 12.2 Å². The summed E-state index contributed by atoms with van der Waals surface area (Å²) in [5.74, 6) is -0.619. The van der Waals surface area contributed by atoms with Crippen LogP contribution in [0.1, 0.15) is 12.5 Å². The van der Waals surface area contributed by atoms with Gasteiger partial charge in [0.15, 0.2) is 0 Å². The minimum absolute atomic E-state index is 0.0983. The Morgan fingerprint density at radius 3 is 2.60 bits per heavy atom. The van der Waals surface area contributed by atoms with Crippen molar-refractivity contribution in [3.05, 3.63) is 29.8 Å². The molecule has 1 aromatic carbocycles. The summed E-state index contributed by atoms with van der Waals surface area (Å²) in [6.07, 6.45) is 0. The van der Waals surface area contributed by atoms with Crippen LogP contribution >= 0.6 is 0 Å². The maximum absolute atomic E-state index is 11.9. The van der Waals surface area contributed by atoms with Gasteiger partial charge < -0.3 is 10.1 Å². The van der Waals surface area contributed by atoms with Gasteiger partial charge in [-0.05, 0) is 25.6 Å². The second kappa shape index (κ2) is 7.65. The van der Waals surface area contributed by atoms with E-state index in [4.69, 9.17) is 0 Å². The monoisotopic (exact) mass is 278 g/mol. The Morgan fingerprint density at radius 2 is 2.00 bits per heavy atom. The molecule has 0 saturated heterocycles. The van der Waals surface area contributed by atoms with E-state index in [0.29, 0.717) is 6.54 Å². The molecular weight excluding hydrogens is 256 g/mol. The van der Waals surface area contributed by atoms with E-state index in [1.807, 2.05) is 31.2 Å². The van der Waals surface area contributed by atoms with Crippen molar-refractivity contribution in [2.75, 3.05) is 32.6 Å². The van der Waals surface area contributed by atoms with E-state index in [2.05, 4.69) is 10.1 Å². The molecule has 1 rings (SSSR count). The van der Waals surface area contributed by atoms with Crippen molar-refractivity contribution >= 4 is 17.6 Å². The molecule has 0 fully saturated rings. The third-order valence-corrected chi connectivity index (χ3v) is 3.02. The summed E-state index contributed by atoms with van der Waals surface area (Å²) < 4.78 is 4.66. The second-order valence-electron chi connectivity index (χ2n) is 4.98. The molecule has 1 N–H and O–H groups in total. The number of amides is 1. The Morgan fingerprint density at radius 1 is 1.35 bits per heavy atom. The molecule has 0 spiro atoms. The van der Waals surface area contributed by atoms with Gasteiger partial charge in [0.2, 0.25) is 5.91 Å². The zero-order chi connectivity index (χ0) is 15.1. The summed E-state index contributed by atoms with van der Waals surface area (Å²) in [4.78, 5) is 25.0. The van der Waals surface area contributed by atoms with E-state index in [9.17, 15) is 9.59 Å². The first-order chi connectivity index (χ1) is 9.43. The molecule has 0 aromatic heterocycles. The van der Waals surface area contributed by atoms with Crippen molar-refractivity contribution in [2.24, 2.45) is 5.92 Å². The van der Waals surface area contributed by atoms with Gasteiger partial charge in [-0.15, -0.1) is 0 Å². The number of benzene rings is 1. The van der Waals surface area contributed by atoms with Crippen molar-refractivity contribution in [3.63, 3.8) is 0 Å². The molecule has 1 amide bonds. The van der Waals surface area contributed by atoms with E-state index in [-0.39, 0.29) is 24.3 Å². The molecular formula is C15H22N2O3. The number of nitrogens with zero attached hydrogens (tertiary/aromatic N) is 1. The number of nitrogens with one attached hydrogen (secondary N) is 1. The number of likely N-dealkylation sites (N-methyl/N-ethyl adjacent to an activating group) is 1. The number of carbonyl (C=O) groups is 2. The average molecular weight is 278 g/mol. The SMILES string of the molecule is COC(=O)C(C)CN(C)CC(=O)Nc1ccccc1C. The van der Waals surface area contributed by atoms with Crippen LogP contribution in [0.15, 0.2) is 24.3 Å². The molecule has 110 valence electrons. The topological polar surface area (TPSA) is 58.6 Å². The van der Waals surface area contributed by atoms with Crippen molar-refractivity contribution in [1.29, 1.82) is 0 Å². The average Bonchev–Trinajstić information content (AvgIpc) is 2.40. The highest BCUT2D eigenvalue weighted by atomic mass is 16.5. The van der Waals surface area contributed by atoms with Gasteiger partial charge in [0.1, 0.15) is 0 Å². The fraction of sp³-hybridized carbons (Fsp3) is 0.467. The predicted octanol–water partition coefficient (Wildman–Crippen LogP) is 1.67. The molecule has 20 heavy (non-hydrogen) atoms. The fourth-order valence-electron chi connectivity index (χ4n) is 1.96. The lowest BCUT2D eigenvalue weighted by Gasteiger charge is -2.19. The number of hydrogen-bond acceptors (Lipinski definition) is 4. The maximum atomic E-state index is 11.9. The number of rotatable bonds is 6. The van der Waals surface area contributed by atoms with Crippen molar-refractivity contribution < 1.29 is 14.3 Å². The quantitative estimate of drug-likeness (QED) is 0.804. The molecule has 0 aliphatic heterocycles. The van der Waals surface area contributed by atoms with Crippen LogP contribution in [0.2, 0.25) is 0 Å². The van der Waals surface area contributed by atoms with E-state index >= 15 is 0 Å². The third-order valence-electron chi connectivity index (χ3n) is 3.02. The molecule has 1 aromatic rings. The zero-order valence-corrected chi connectivity index (χ0v) is 12.5. The normalized spacial score (nSPS) is 12.1. The minimum Gasteiger partial charge on any atom is -0.469 e. The van der Waals surface area contributed by atoms with Crippen LogP contribution < -0.4 is 5.32 Å². The molecule has 5 nitrogen and oxygen atoms in total. The number of carbonyl (C=O) groups excluding carboxylic acids is 2. The molecule has 0 aliphatic rings. The number of para-hydroxylation sites is 1. The summed E-state index contributed by atoms with van der Waals surface area (Å²) in [7, 11) is 3.17. The highest BCUT2D eigenvalue weighted by molar-refractivity contribution is 5.92. The number of hydrogen-bond donors (Lipinski definition) is 1. The smallest absolute Gasteiger partial charge is 0.309 e. The summed E-state index contributed by atoms with van der Waals surface area (Å²) >= 11 is 0. The molecule has 0 aliphatic carbocycles. The Balaban J connectivity index is 2.46. The Labute approximate surface area is 119 Å². The number of esters is 1. The minimum atomic E-state index is -0.267. The van der Waals surface area contributed by atoms with Crippen molar-refractivity contribution in [3.8, 4) is 0 Å². The summed E-state index contributed by atoms with van der Waals surface area (Å²) in [6.45, 7) is 4.43. The van der Waals surface area contributed by atoms with Gasteiger partial charge >= 0.3 is 5.97 Å². The lowest BCUT2D eigenvalue weighted by molar-refractivity contribution is -0.145. The number of methoxy groups -OCH3 is 1. The third kappa shape index (κ3) is 5.01. The van der Waals surface area contributed by atoms with E-state index in [1.165, 1.54) is 7.11 Å². The Bertz CT molecular complexity index is 474. The predicted molar refractivity (Wildman–Crippen MR) is 78.5 cm³/mol. The van der Waals surface area contributed by atoms with Crippen LogP contribution in [0, 0.1) is 12.8 Å². The van der Waals surface area contributed by atoms with E-state index in [0.717, 1.165) is 11.3 Å². The fourth-order valence-corrected chi connectivity index (χ4v) is 1.96. The van der Waals surface area contributed by atoms with Gasteiger partial charge in [0.05, 0.1) is 19.6 Å². The second-order valence-corrected chi connectivity index (χ2v) is 4.98. The summed E-state index contributed by atoms with van der Waals surface area (Å²) in [5, 5.41) is 2.86. The van der Waals surface area contributed by atoms with Crippen molar-refractivity contribution in [2.45, 2.75) is 13.8 Å². The van der Waals surface area contributed by atoms with Gasteiger partial charge in [-0.25, -0.2) is 0 Å². The molecule has 0 saturated carbocycles. The molecule has 5 heteroatoms. The van der Waals surface area contributed by atoms with Crippen LogP contribution in [0.25, 0.3) is 0 Å². The maximum Gasteiger partial charge on any atom is 0.309 e. The first-order valence-electron chi connectivity index (χ1n) is 6.56. The summed E-state index contributed by atoms with van der Waals surface area (Å²) in [5.41, 5.74) is 1.83. The van der Waals surface area contributed by atoms with Gasteiger partial charge in [-0.2, -0.15) is 0 Å². The first-order valence-corrected chi connectivity index (χ1v) is 6.56. The van der Waals surface area contributed by atoms with Crippen LogP contribution in [0.3, 0.4) is 0 Å². The van der Waals surface area contributed by atoms with Gasteiger partial charge in [-0.1, -0.05) is 25.1 Å². The van der Waals surface area contributed by atoms with Crippen LogP contribution in [0.5, 0.6) is 0 Å². The molecule has 0 bridgehead atoms. The Hall–Kier alpha value is -1.88.